The van der Waals surface area contributed by atoms with Gasteiger partial charge in [0, 0.05) is 12.2 Å². The Morgan fingerprint density at radius 2 is 1.94 bits per heavy atom. The third-order valence-corrected chi connectivity index (χ3v) is 4.09. The zero-order chi connectivity index (χ0) is 12.5. The largest absolute Gasteiger partial charge is 0.385 e. The Kier molecular flexibility index (Phi) is 2.95. The predicted octanol–water partition coefficient (Wildman–Crippen LogP) is 3.55. The molecule has 2 saturated carbocycles. The van der Waals surface area contributed by atoms with Gasteiger partial charge in [-0.05, 0) is 61.6 Å². The van der Waals surface area contributed by atoms with E-state index < -0.39 is 5.82 Å². The van der Waals surface area contributed by atoms with E-state index in [1.165, 1.54) is 31.7 Å². The number of anilines is 1. The van der Waals surface area contributed by atoms with Crippen molar-refractivity contribution in [2.75, 3.05) is 11.9 Å². The van der Waals surface area contributed by atoms with Crippen molar-refractivity contribution in [1.29, 1.82) is 5.26 Å². The lowest BCUT2D eigenvalue weighted by molar-refractivity contribution is 0.428. The number of benzene rings is 1. The van der Waals surface area contributed by atoms with E-state index in [2.05, 4.69) is 5.32 Å². The Morgan fingerprint density at radius 3 is 2.44 bits per heavy atom. The second-order valence-electron chi connectivity index (χ2n) is 5.53. The maximum Gasteiger partial charge on any atom is 0.143 e. The third kappa shape index (κ3) is 2.48. The SMILES string of the molecule is N#Cc1ccc(NCC(C2CC2)C2CC2)cc1F. The number of halogens is 1. The van der Waals surface area contributed by atoms with Gasteiger partial charge in [-0.3, -0.25) is 0 Å². The van der Waals surface area contributed by atoms with Gasteiger partial charge in [-0.25, -0.2) is 4.39 Å². The van der Waals surface area contributed by atoms with E-state index in [1.807, 2.05) is 6.07 Å². The molecule has 2 nitrogen and oxygen atoms in total. The number of rotatable bonds is 5. The lowest BCUT2D eigenvalue weighted by Crippen LogP contribution is -2.18. The van der Waals surface area contributed by atoms with Gasteiger partial charge in [-0.2, -0.15) is 5.26 Å². The fourth-order valence-corrected chi connectivity index (χ4v) is 2.72. The second-order valence-corrected chi connectivity index (χ2v) is 5.53. The zero-order valence-corrected chi connectivity index (χ0v) is 10.3. The van der Waals surface area contributed by atoms with Crippen molar-refractivity contribution in [3.63, 3.8) is 0 Å². The van der Waals surface area contributed by atoms with Gasteiger partial charge in [0.2, 0.25) is 0 Å². The summed E-state index contributed by atoms with van der Waals surface area (Å²) in [4.78, 5) is 0. The highest BCUT2D eigenvalue weighted by atomic mass is 19.1. The minimum Gasteiger partial charge on any atom is -0.385 e. The molecule has 18 heavy (non-hydrogen) atoms. The lowest BCUT2D eigenvalue weighted by atomic mass is 9.98. The van der Waals surface area contributed by atoms with Crippen LogP contribution in [0.25, 0.3) is 0 Å². The van der Waals surface area contributed by atoms with Crippen LogP contribution in [-0.2, 0) is 0 Å². The first-order valence-corrected chi connectivity index (χ1v) is 6.71. The number of hydrogen-bond acceptors (Lipinski definition) is 2. The summed E-state index contributed by atoms with van der Waals surface area (Å²) < 4.78 is 13.5. The van der Waals surface area contributed by atoms with Crippen LogP contribution in [0.4, 0.5) is 10.1 Å². The van der Waals surface area contributed by atoms with Crippen LogP contribution < -0.4 is 5.32 Å². The summed E-state index contributed by atoms with van der Waals surface area (Å²) in [5.74, 6) is 2.13. The highest BCUT2D eigenvalue weighted by Crippen LogP contribution is 2.49. The first-order valence-electron chi connectivity index (χ1n) is 6.71. The van der Waals surface area contributed by atoms with E-state index in [0.29, 0.717) is 0 Å². The standard InChI is InChI=1S/C15H17FN2/c16-15-7-13(6-5-12(15)8-17)18-9-14(10-1-2-10)11-3-4-11/h5-7,10-11,14,18H,1-4,9H2. The van der Waals surface area contributed by atoms with Crippen LogP contribution in [0.5, 0.6) is 0 Å². The van der Waals surface area contributed by atoms with Gasteiger partial charge in [-0.1, -0.05) is 0 Å². The molecule has 0 atom stereocenters. The molecule has 1 N–H and O–H groups in total. The summed E-state index contributed by atoms with van der Waals surface area (Å²) in [5.41, 5.74) is 0.902. The van der Waals surface area contributed by atoms with Crippen molar-refractivity contribution >= 4 is 5.69 Å². The molecule has 0 amide bonds. The molecule has 2 aliphatic carbocycles. The fourth-order valence-electron chi connectivity index (χ4n) is 2.72. The summed E-state index contributed by atoms with van der Waals surface area (Å²) >= 11 is 0. The summed E-state index contributed by atoms with van der Waals surface area (Å²) in [6.45, 7) is 0.945. The highest BCUT2D eigenvalue weighted by molar-refractivity contribution is 5.48. The molecule has 0 bridgehead atoms. The van der Waals surface area contributed by atoms with E-state index in [-0.39, 0.29) is 5.56 Å². The maximum atomic E-state index is 13.5. The average molecular weight is 244 g/mol. The molecular weight excluding hydrogens is 227 g/mol. The van der Waals surface area contributed by atoms with Crippen LogP contribution in [0.15, 0.2) is 18.2 Å². The molecule has 1 aromatic carbocycles. The van der Waals surface area contributed by atoms with Crippen molar-refractivity contribution in [2.24, 2.45) is 17.8 Å². The molecule has 2 fully saturated rings. The summed E-state index contributed by atoms with van der Waals surface area (Å²) in [5, 5.41) is 12.0. The Morgan fingerprint density at radius 1 is 1.28 bits per heavy atom. The summed E-state index contributed by atoms with van der Waals surface area (Å²) in [7, 11) is 0. The number of nitrogens with one attached hydrogen (secondary N) is 1. The molecule has 3 heteroatoms. The second kappa shape index (κ2) is 4.61. The van der Waals surface area contributed by atoms with Crippen LogP contribution >= 0.6 is 0 Å². The van der Waals surface area contributed by atoms with Gasteiger partial charge in [0.05, 0.1) is 5.56 Å². The van der Waals surface area contributed by atoms with Crippen LogP contribution in [0.2, 0.25) is 0 Å². The smallest absolute Gasteiger partial charge is 0.143 e. The molecule has 0 radical (unpaired) electrons. The molecule has 0 spiro atoms. The Hall–Kier alpha value is -1.56. The number of hydrogen-bond donors (Lipinski definition) is 1. The first-order chi connectivity index (χ1) is 8.78. The topological polar surface area (TPSA) is 35.8 Å². The molecule has 0 saturated heterocycles. The van der Waals surface area contributed by atoms with Gasteiger partial charge in [0.25, 0.3) is 0 Å². The van der Waals surface area contributed by atoms with Crippen LogP contribution in [0.1, 0.15) is 31.2 Å². The zero-order valence-electron chi connectivity index (χ0n) is 10.3. The monoisotopic (exact) mass is 244 g/mol. The normalized spacial score (nSPS) is 18.7. The molecule has 3 rings (SSSR count). The summed E-state index contributed by atoms with van der Waals surface area (Å²) in [6, 6.07) is 6.60. The van der Waals surface area contributed by atoms with E-state index in [1.54, 1.807) is 12.1 Å². The number of nitriles is 1. The lowest BCUT2D eigenvalue weighted by Gasteiger charge is -2.17. The molecule has 1 aromatic rings. The van der Waals surface area contributed by atoms with Crippen molar-refractivity contribution in [2.45, 2.75) is 25.7 Å². The van der Waals surface area contributed by atoms with E-state index in [4.69, 9.17) is 5.26 Å². The van der Waals surface area contributed by atoms with Gasteiger partial charge in [0.15, 0.2) is 0 Å². The third-order valence-electron chi connectivity index (χ3n) is 4.09. The van der Waals surface area contributed by atoms with E-state index in [0.717, 1.165) is 30.0 Å². The molecular formula is C15H17FN2. The minimum absolute atomic E-state index is 0.112. The van der Waals surface area contributed by atoms with Crippen molar-refractivity contribution in [3.8, 4) is 6.07 Å². The first kappa shape index (κ1) is 11.5. The van der Waals surface area contributed by atoms with Gasteiger partial charge >= 0.3 is 0 Å². The summed E-state index contributed by atoms with van der Waals surface area (Å²) in [6.07, 6.45) is 5.46. The van der Waals surface area contributed by atoms with Crippen molar-refractivity contribution < 1.29 is 4.39 Å². The highest BCUT2D eigenvalue weighted by Gasteiger charge is 2.40. The van der Waals surface area contributed by atoms with Crippen molar-refractivity contribution in [3.05, 3.63) is 29.6 Å². The van der Waals surface area contributed by atoms with Crippen LogP contribution in [0.3, 0.4) is 0 Å². The van der Waals surface area contributed by atoms with Crippen molar-refractivity contribution in [1.82, 2.24) is 0 Å². The van der Waals surface area contributed by atoms with Crippen LogP contribution in [0, 0.1) is 34.9 Å². The molecule has 0 aliphatic heterocycles. The van der Waals surface area contributed by atoms with Gasteiger partial charge in [-0.15, -0.1) is 0 Å². The Bertz CT molecular complexity index is 472. The fraction of sp³-hybridized carbons (Fsp3) is 0.533. The maximum absolute atomic E-state index is 13.5. The Labute approximate surface area is 107 Å². The molecule has 0 aromatic heterocycles. The van der Waals surface area contributed by atoms with E-state index in [9.17, 15) is 4.39 Å². The van der Waals surface area contributed by atoms with Gasteiger partial charge < -0.3 is 5.32 Å². The minimum atomic E-state index is -0.433. The quantitative estimate of drug-likeness (QED) is 0.859. The molecule has 94 valence electrons. The molecule has 2 aliphatic rings. The molecule has 0 heterocycles. The average Bonchev–Trinajstić information content (AvgIpc) is 3.24. The van der Waals surface area contributed by atoms with E-state index >= 15 is 0 Å². The van der Waals surface area contributed by atoms with Crippen LogP contribution in [-0.4, -0.2) is 6.54 Å². The predicted molar refractivity (Wildman–Crippen MR) is 68.5 cm³/mol. The Balaban J connectivity index is 1.62. The molecule has 0 unspecified atom stereocenters. The van der Waals surface area contributed by atoms with Gasteiger partial charge in [0.1, 0.15) is 11.9 Å². The number of nitrogens with zero attached hydrogens (tertiary/aromatic N) is 1.